The van der Waals surface area contributed by atoms with Crippen molar-refractivity contribution in [3.05, 3.63) is 56.7 Å². The fourth-order valence-corrected chi connectivity index (χ4v) is 3.42. The Labute approximate surface area is 161 Å². The maximum absolute atomic E-state index is 13.2. The predicted octanol–water partition coefficient (Wildman–Crippen LogP) is 3.07. The normalized spacial score (nSPS) is 10.8. The van der Waals surface area contributed by atoms with Crippen LogP contribution in [0.3, 0.4) is 0 Å². The first-order valence-electron chi connectivity index (χ1n) is 7.79. The highest BCUT2D eigenvalue weighted by molar-refractivity contribution is 7.17. The molecule has 0 atom stereocenters. The van der Waals surface area contributed by atoms with Crippen LogP contribution in [0.1, 0.15) is 17.3 Å². The molecule has 2 aromatic heterocycles. The molecule has 0 radical (unpaired) electrons. The first kappa shape index (κ1) is 19.0. The van der Waals surface area contributed by atoms with Crippen molar-refractivity contribution >= 4 is 50.7 Å². The number of thiophene rings is 1. The van der Waals surface area contributed by atoms with E-state index in [2.05, 4.69) is 10.3 Å². The van der Waals surface area contributed by atoms with E-state index in [0.717, 1.165) is 22.0 Å². The van der Waals surface area contributed by atoms with Gasteiger partial charge in [-0.1, -0.05) is 11.6 Å². The molecule has 0 bridgehead atoms. The van der Waals surface area contributed by atoms with Gasteiger partial charge in [0.2, 0.25) is 5.91 Å². The highest BCUT2D eigenvalue weighted by Gasteiger charge is 2.19. The number of amides is 1. The van der Waals surface area contributed by atoms with Gasteiger partial charge in [-0.15, -0.1) is 11.3 Å². The quantitative estimate of drug-likeness (QED) is 0.654. The Morgan fingerprint density at radius 2 is 2.19 bits per heavy atom. The zero-order valence-corrected chi connectivity index (χ0v) is 15.6. The van der Waals surface area contributed by atoms with Crippen LogP contribution in [0.25, 0.3) is 10.2 Å². The molecule has 0 aliphatic heterocycles. The van der Waals surface area contributed by atoms with Gasteiger partial charge in [-0.2, -0.15) is 0 Å². The third kappa shape index (κ3) is 3.99. The van der Waals surface area contributed by atoms with Crippen LogP contribution in [0.2, 0.25) is 5.02 Å². The van der Waals surface area contributed by atoms with Crippen LogP contribution in [0.5, 0.6) is 0 Å². The molecule has 3 rings (SSSR count). The van der Waals surface area contributed by atoms with Crippen LogP contribution in [0, 0.1) is 5.82 Å². The van der Waals surface area contributed by atoms with E-state index in [0.29, 0.717) is 4.83 Å². The summed E-state index contributed by atoms with van der Waals surface area (Å²) in [5, 5.41) is 4.00. The minimum atomic E-state index is -0.620. The molecule has 7 nitrogen and oxygen atoms in total. The van der Waals surface area contributed by atoms with Crippen molar-refractivity contribution in [1.82, 2.24) is 9.55 Å². The number of nitrogens with zero attached hydrogens (tertiary/aromatic N) is 2. The fraction of sp³-hybridized carbons (Fsp3) is 0.176. The van der Waals surface area contributed by atoms with Gasteiger partial charge in [0.1, 0.15) is 17.2 Å². The van der Waals surface area contributed by atoms with E-state index in [1.165, 1.54) is 23.8 Å². The van der Waals surface area contributed by atoms with Crippen LogP contribution >= 0.6 is 22.9 Å². The van der Waals surface area contributed by atoms with Gasteiger partial charge < -0.3 is 10.1 Å². The van der Waals surface area contributed by atoms with E-state index >= 15 is 0 Å². The number of ether oxygens (including phenoxy) is 1. The van der Waals surface area contributed by atoms with Gasteiger partial charge in [0.05, 0.1) is 28.9 Å². The molecule has 1 amide bonds. The van der Waals surface area contributed by atoms with Gasteiger partial charge >= 0.3 is 5.97 Å². The van der Waals surface area contributed by atoms with Crippen LogP contribution < -0.4 is 10.9 Å². The summed E-state index contributed by atoms with van der Waals surface area (Å²) in [5.74, 6) is -1.76. The van der Waals surface area contributed by atoms with Gasteiger partial charge in [-0.25, -0.2) is 14.2 Å². The monoisotopic (exact) mass is 409 g/mol. The number of fused-ring (bicyclic) bond motifs is 1. The number of esters is 1. The standard InChI is InChI=1S/C17H13ClFN3O4S/c1-2-26-17(25)10-7-27-15-14(10)16(24)22(8-20-15)6-13(23)21-9-3-4-12(19)11(18)5-9/h3-5,7-8H,2,6H2,1H3,(H,21,23). The first-order valence-corrected chi connectivity index (χ1v) is 9.05. The summed E-state index contributed by atoms with van der Waals surface area (Å²) < 4.78 is 19.2. The minimum absolute atomic E-state index is 0.110. The van der Waals surface area contributed by atoms with Gasteiger partial charge in [0, 0.05) is 11.1 Å². The SMILES string of the molecule is CCOC(=O)c1csc2ncn(CC(=O)Nc3ccc(F)c(Cl)c3)c(=O)c12. The summed E-state index contributed by atoms with van der Waals surface area (Å²) in [6.45, 7) is 1.50. The number of hydrogen-bond donors (Lipinski definition) is 1. The van der Waals surface area contributed by atoms with Crippen molar-refractivity contribution in [2.24, 2.45) is 0 Å². The zero-order valence-electron chi connectivity index (χ0n) is 14.0. The van der Waals surface area contributed by atoms with Crippen LogP contribution in [0.15, 0.2) is 34.7 Å². The molecule has 0 aliphatic rings. The van der Waals surface area contributed by atoms with Gasteiger partial charge in [-0.3, -0.25) is 14.2 Å². The Balaban J connectivity index is 1.86. The summed E-state index contributed by atoms with van der Waals surface area (Å²) in [6, 6.07) is 3.73. The van der Waals surface area contributed by atoms with E-state index in [4.69, 9.17) is 16.3 Å². The van der Waals surface area contributed by atoms with E-state index in [9.17, 15) is 18.8 Å². The topological polar surface area (TPSA) is 90.3 Å². The second-order valence-corrected chi connectivity index (χ2v) is 6.67. The van der Waals surface area contributed by atoms with Crippen molar-refractivity contribution in [1.29, 1.82) is 0 Å². The molecule has 10 heteroatoms. The summed E-state index contributed by atoms with van der Waals surface area (Å²) in [5.41, 5.74) is -0.123. The van der Waals surface area contributed by atoms with E-state index in [-0.39, 0.29) is 34.8 Å². The van der Waals surface area contributed by atoms with Gasteiger partial charge in [0.15, 0.2) is 0 Å². The maximum atomic E-state index is 13.2. The molecule has 2 heterocycles. The van der Waals surface area contributed by atoms with Crippen molar-refractivity contribution in [2.75, 3.05) is 11.9 Å². The molecule has 0 saturated carbocycles. The molecule has 1 N–H and O–H groups in total. The lowest BCUT2D eigenvalue weighted by Crippen LogP contribution is -2.28. The number of carbonyl (C=O) groups is 2. The molecular weight excluding hydrogens is 397 g/mol. The van der Waals surface area contributed by atoms with Gasteiger partial charge in [-0.05, 0) is 25.1 Å². The molecule has 3 aromatic rings. The molecule has 0 fully saturated rings. The number of benzene rings is 1. The molecule has 140 valence electrons. The summed E-state index contributed by atoms with van der Waals surface area (Å²) in [4.78, 5) is 41.4. The lowest BCUT2D eigenvalue weighted by molar-refractivity contribution is -0.116. The second-order valence-electron chi connectivity index (χ2n) is 5.40. The fourth-order valence-electron chi connectivity index (χ4n) is 2.37. The smallest absolute Gasteiger partial charge is 0.339 e. The number of nitrogens with one attached hydrogen (secondary N) is 1. The number of carbonyl (C=O) groups excluding carboxylic acids is 2. The zero-order chi connectivity index (χ0) is 19.6. The number of aromatic nitrogens is 2. The highest BCUT2D eigenvalue weighted by atomic mass is 35.5. The third-order valence-electron chi connectivity index (χ3n) is 3.57. The average Bonchev–Trinajstić information content (AvgIpc) is 3.06. The van der Waals surface area contributed by atoms with Crippen LogP contribution in [0.4, 0.5) is 10.1 Å². The molecule has 0 unspecified atom stereocenters. The predicted molar refractivity (Wildman–Crippen MR) is 99.9 cm³/mol. The summed E-state index contributed by atoms with van der Waals surface area (Å²) in [7, 11) is 0. The third-order valence-corrected chi connectivity index (χ3v) is 4.75. The highest BCUT2D eigenvalue weighted by Crippen LogP contribution is 2.22. The van der Waals surface area contributed by atoms with Crippen molar-refractivity contribution in [3.63, 3.8) is 0 Å². The van der Waals surface area contributed by atoms with Crippen LogP contribution in [-0.4, -0.2) is 28.0 Å². The van der Waals surface area contributed by atoms with Crippen LogP contribution in [-0.2, 0) is 16.1 Å². The van der Waals surface area contributed by atoms with E-state index in [1.54, 1.807) is 6.92 Å². The number of hydrogen-bond acceptors (Lipinski definition) is 6. The largest absolute Gasteiger partial charge is 0.462 e. The van der Waals surface area contributed by atoms with Crippen molar-refractivity contribution in [2.45, 2.75) is 13.5 Å². The minimum Gasteiger partial charge on any atom is -0.462 e. The molecule has 0 saturated heterocycles. The summed E-state index contributed by atoms with van der Waals surface area (Å²) in [6.07, 6.45) is 1.23. The van der Waals surface area contributed by atoms with Crippen molar-refractivity contribution in [3.8, 4) is 0 Å². The van der Waals surface area contributed by atoms with Crippen molar-refractivity contribution < 1.29 is 18.7 Å². The molecule has 0 spiro atoms. The maximum Gasteiger partial charge on any atom is 0.339 e. The summed E-state index contributed by atoms with van der Waals surface area (Å²) >= 11 is 6.81. The van der Waals surface area contributed by atoms with E-state index in [1.807, 2.05) is 0 Å². The molecule has 0 aliphatic carbocycles. The second kappa shape index (κ2) is 7.85. The lowest BCUT2D eigenvalue weighted by Gasteiger charge is -2.08. The van der Waals surface area contributed by atoms with Gasteiger partial charge in [0.25, 0.3) is 5.56 Å². The molecule has 1 aromatic carbocycles. The number of rotatable bonds is 5. The van der Waals surface area contributed by atoms with E-state index < -0.39 is 23.3 Å². The lowest BCUT2D eigenvalue weighted by atomic mass is 10.2. The number of anilines is 1. The Hall–Kier alpha value is -2.78. The average molecular weight is 410 g/mol. The Morgan fingerprint density at radius 1 is 1.41 bits per heavy atom. The molecular formula is C17H13ClFN3O4S. The Bertz CT molecular complexity index is 1100. The number of halogens is 2. The molecule has 27 heavy (non-hydrogen) atoms. The Morgan fingerprint density at radius 3 is 2.89 bits per heavy atom. The Kier molecular flexibility index (Phi) is 5.52. The first-order chi connectivity index (χ1) is 12.9.